The third-order valence-electron chi connectivity index (χ3n) is 8.05. The summed E-state index contributed by atoms with van der Waals surface area (Å²) in [5.74, 6) is -1.65. The molecule has 0 aromatic heterocycles. The first kappa shape index (κ1) is 30.7. The van der Waals surface area contributed by atoms with Crippen LogP contribution >= 0.6 is 11.6 Å². The summed E-state index contributed by atoms with van der Waals surface area (Å²) in [4.78, 5) is 26.6. The number of piperidine rings is 1. The van der Waals surface area contributed by atoms with Crippen molar-refractivity contribution >= 4 is 23.4 Å². The fraction of sp³-hybridized carbons (Fsp3) is 0.394. The van der Waals surface area contributed by atoms with E-state index in [0.29, 0.717) is 55.8 Å². The molecule has 41 heavy (non-hydrogen) atoms. The number of benzene rings is 3. The topological polar surface area (TPSA) is 95.7 Å². The summed E-state index contributed by atoms with van der Waals surface area (Å²) in [6.07, 6.45) is 3.04. The van der Waals surface area contributed by atoms with Gasteiger partial charge in [0.2, 0.25) is 5.91 Å². The van der Waals surface area contributed by atoms with E-state index in [0.717, 1.165) is 22.3 Å². The normalized spacial score (nSPS) is 16.8. The van der Waals surface area contributed by atoms with Crippen LogP contribution < -0.4 is 11.1 Å². The van der Waals surface area contributed by atoms with Gasteiger partial charge in [-0.05, 0) is 81.0 Å². The maximum absolute atomic E-state index is 15.0. The zero-order chi connectivity index (χ0) is 29.6. The molecule has 1 fully saturated rings. The molecule has 6 nitrogen and oxygen atoms in total. The molecule has 2 atom stereocenters. The van der Waals surface area contributed by atoms with Gasteiger partial charge in [-0.1, -0.05) is 59.6 Å². The maximum Gasteiger partial charge on any atom is 0.256 e. The van der Waals surface area contributed by atoms with Crippen LogP contribution in [0.5, 0.6) is 0 Å². The Labute approximate surface area is 246 Å². The monoisotopic (exact) mass is 579 g/mol. The smallest absolute Gasteiger partial charge is 0.256 e. The molecule has 1 aliphatic heterocycles. The summed E-state index contributed by atoms with van der Waals surface area (Å²) in [6.45, 7) is 3.25. The van der Waals surface area contributed by atoms with E-state index >= 15 is 0 Å². The van der Waals surface area contributed by atoms with Crippen molar-refractivity contribution in [1.82, 2.24) is 10.2 Å². The number of nitrogens with zero attached hydrogens (tertiary/aromatic N) is 1. The number of unbranched alkanes of at least 4 members (excludes halogenated alkanes) is 1. The quantitative estimate of drug-likeness (QED) is 0.244. The fourth-order valence-electron chi connectivity index (χ4n) is 6.00. The first-order valence-electron chi connectivity index (χ1n) is 14.2. The van der Waals surface area contributed by atoms with E-state index in [2.05, 4.69) is 5.32 Å². The van der Waals surface area contributed by atoms with Crippen molar-refractivity contribution in [2.75, 3.05) is 20.1 Å². The van der Waals surface area contributed by atoms with Crippen molar-refractivity contribution < 1.29 is 19.1 Å². The zero-order valence-corrected chi connectivity index (χ0v) is 24.5. The molecule has 1 saturated heterocycles. The number of nitrogens with one attached hydrogen (secondary N) is 1. The van der Waals surface area contributed by atoms with Gasteiger partial charge >= 0.3 is 0 Å². The van der Waals surface area contributed by atoms with Crippen molar-refractivity contribution in [1.29, 1.82) is 0 Å². The third kappa shape index (κ3) is 7.15. The zero-order valence-electron chi connectivity index (χ0n) is 23.8. The summed E-state index contributed by atoms with van der Waals surface area (Å²) < 4.78 is 15.0. The van der Waals surface area contributed by atoms with E-state index in [-0.39, 0.29) is 36.3 Å². The van der Waals surface area contributed by atoms with Crippen molar-refractivity contribution in [2.45, 2.75) is 57.6 Å². The summed E-state index contributed by atoms with van der Waals surface area (Å²) in [5.41, 5.74) is 8.22. The highest BCUT2D eigenvalue weighted by Gasteiger charge is 2.43. The number of primary amides is 1. The van der Waals surface area contributed by atoms with Gasteiger partial charge in [-0.2, -0.15) is 0 Å². The number of likely N-dealkylation sites (tertiary alicyclic amines) is 1. The van der Waals surface area contributed by atoms with Gasteiger partial charge in [0, 0.05) is 42.6 Å². The third-order valence-corrected chi connectivity index (χ3v) is 8.36. The average Bonchev–Trinajstić information content (AvgIpc) is 2.95. The van der Waals surface area contributed by atoms with Crippen LogP contribution in [0.2, 0.25) is 5.02 Å². The first-order valence-corrected chi connectivity index (χ1v) is 14.6. The number of hydrogen-bond acceptors (Lipinski definition) is 4. The number of carbonyl (C=O) groups excluding carboxylic acids is 2. The van der Waals surface area contributed by atoms with Crippen LogP contribution in [0.1, 0.15) is 65.6 Å². The van der Waals surface area contributed by atoms with E-state index in [1.807, 2.05) is 49.4 Å². The van der Waals surface area contributed by atoms with Crippen molar-refractivity contribution in [3.05, 3.63) is 93.8 Å². The Morgan fingerprint density at radius 2 is 1.93 bits per heavy atom. The predicted octanol–water partition coefficient (Wildman–Crippen LogP) is 5.96. The van der Waals surface area contributed by atoms with Crippen LogP contribution in [0.4, 0.5) is 4.39 Å². The Kier molecular flexibility index (Phi) is 10.2. The number of nitrogens with two attached hydrogens (primary N) is 1. The van der Waals surface area contributed by atoms with Crippen molar-refractivity contribution in [3.63, 3.8) is 0 Å². The SMILES string of the molecule is CNCc1ccc(C(=O)N2CCCC(C(O)(CCCCC(N)=O)c3cccc(Cl)c3-c3cccc(C)c3)C2)c(F)c1. The van der Waals surface area contributed by atoms with Crippen molar-refractivity contribution in [3.8, 4) is 11.1 Å². The Morgan fingerprint density at radius 3 is 2.63 bits per heavy atom. The molecule has 0 saturated carbocycles. The molecule has 3 aromatic rings. The highest BCUT2D eigenvalue weighted by molar-refractivity contribution is 6.33. The molecule has 0 spiro atoms. The van der Waals surface area contributed by atoms with E-state index in [1.54, 1.807) is 18.0 Å². The van der Waals surface area contributed by atoms with Crippen LogP contribution in [0.3, 0.4) is 0 Å². The minimum atomic E-state index is -1.35. The summed E-state index contributed by atoms with van der Waals surface area (Å²) >= 11 is 6.79. The number of hydrogen-bond donors (Lipinski definition) is 3. The van der Waals surface area contributed by atoms with E-state index in [1.165, 1.54) is 12.1 Å². The number of aliphatic hydroxyl groups is 1. The van der Waals surface area contributed by atoms with Crippen LogP contribution in [0.25, 0.3) is 11.1 Å². The van der Waals surface area contributed by atoms with Gasteiger partial charge in [-0.15, -0.1) is 0 Å². The minimum absolute atomic E-state index is 0.0266. The minimum Gasteiger partial charge on any atom is -0.385 e. The maximum atomic E-state index is 15.0. The van der Waals surface area contributed by atoms with Crippen molar-refractivity contribution in [2.24, 2.45) is 11.7 Å². The van der Waals surface area contributed by atoms with Crippen LogP contribution in [-0.2, 0) is 16.9 Å². The number of amides is 2. The molecule has 1 aliphatic rings. The molecule has 2 unspecified atom stereocenters. The lowest BCUT2D eigenvalue weighted by molar-refractivity contribution is -0.118. The molecule has 4 N–H and O–H groups in total. The van der Waals surface area contributed by atoms with Gasteiger partial charge in [0.1, 0.15) is 5.82 Å². The first-order chi connectivity index (χ1) is 19.6. The standard InChI is InChI=1S/C33H39ClFN3O3/c1-22-8-5-9-24(18-22)31-27(11-6-12-28(31)34)33(41,16-4-3-13-30(36)39)25-10-7-17-38(21-25)32(40)26-15-14-23(20-37-2)19-29(26)35/h5-6,8-9,11-12,14-15,18-19,25,37,41H,3-4,7,10,13,16-17,20-21H2,1-2H3,(H2,36,39). The lowest BCUT2D eigenvalue weighted by atomic mass is 9.72. The molecular formula is C33H39ClFN3O3. The van der Waals surface area contributed by atoms with E-state index < -0.39 is 11.4 Å². The highest BCUT2D eigenvalue weighted by Crippen LogP contribution is 2.46. The molecule has 1 heterocycles. The largest absolute Gasteiger partial charge is 0.385 e. The lowest BCUT2D eigenvalue weighted by Gasteiger charge is -2.44. The Hall–Kier alpha value is -3.26. The average molecular weight is 580 g/mol. The summed E-state index contributed by atoms with van der Waals surface area (Å²) in [7, 11) is 1.78. The van der Waals surface area contributed by atoms with Gasteiger partial charge in [-0.3, -0.25) is 9.59 Å². The molecule has 0 radical (unpaired) electrons. The van der Waals surface area contributed by atoms with Gasteiger partial charge in [0.25, 0.3) is 5.91 Å². The fourth-order valence-corrected chi connectivity index (χ4v) is 6.28. The Morgan fingerprint density at radius 1 is 1.15 bits per heavy atom. The second-order valence-corrected chi connectivity index (χ2v) is 11.5. The molecule has 0 bridgehead atoms. The number of carbonyl (C=O) groups is 2. The van der Waals surface area contributed by atoms with Gasteiger partial charge in [0.15, 0.2) is 0 Å². The highest BCUT2D eigenvalue weighted by atomic mass is 35.5. The van der Waals surface area contributed by atoms with Gasteiger partial charge < -0.3 is 21.1 Å². The Bertz CT molecular complexity index is 1400. The lowest BCUT2D eigenvalue weighted by Crippen LogP contribution is -2.48. The van der Waals surface area contributed by atoms with Gasteiger partial charge in [-0.25, -0.2) is 4.39 Å². The molecule has 4 rings (SSSR count). The van der Waals surface area contributed by atoms with Crippen LogP contribution in [0.15, 0.2) is 60.7 Å². The molecule has 2 amide bonds. The summed E-state index contributed by atoms with van der Waals surface area (Å²) in [5, 5.41) is 16.1. The Balaban J connectivity index is 1.70. The second-order valence-electron chi connectivity index (χ2n) is 11.1. The number of rotatable bonds is 11. The molecule has 8 heteroatoms. The molecule has 218 valence electrons. The van der Waals surface area contributed by atoms with E-state index in [9.17, 15) is 19.1 Å². The van der Waals surface area contributed by atoms with Crippen LogP contribution in [0, 0.1) is 18.7 Å². The summed E-state index contributed by atoms with van der Waals surface area (Å²) in [6, 6.07) is 18.2. The van der Waals surface area contributed by atoms with Gasteiger partial charge in [0.05, 0.1) is 11.2 Å². The molecule has 0 aliphatic carbocycles. The second kappa shape index (κ2) is 13.6. The number of aryl methyl sites for hydroxylation is 1. The molecule has 3 aromatic carbocycles. The molecular weight excluding hydrogens is 541 g/mol. The predicted molar refractivity (Wildman–Crippen MR) is 161 cm³/mol. The van der Waals surface area contributed by atoms with Crippen LogP contribution in [-0.4, -0.2) is 42.0 Å². The van der Waals surface area contributed by atoms with E-state index in [4.69, 9.17) is 17.3 Å². The number of halogens is 2.